The van der Waals surface area contributed by atoms with Crippen LogP contribution >= 0.6 is 28.1 Å². The second kappa shape index (κ2) is 9.61. The Bertz CT molecular complexity index is 918. The molecule has 0 aliphatic heterocycles. The first kappa shape index (κ1) is 21.8. The van der Waals surface area contributed by atoms with E-state index in [-0.39, 0.29) is 10.8 Å². The van der Waals surface area contributed by atoms with E-state index in [1.54, 1.807) is 37.3 Å². The molecule has 9 heteroatoms. The fraction of sp³-hybridized carbons (Fsp3) is 0.263. The molecule has 0 bridgehead atoms. The van der Waals surface area contributed by atoms with Gasteiger partial charge < -0.3 is 10.1 Å². The minimum absolute atomic E-state index is 0.0309. The highest BCUT2D eigenvalue weighted by atomic mass is 79.9. The van der Waals surface area contributed by atoms with Gasteiger partial charge in [-0.25, -0.2) is 0 Å². The van der Waals surface area contributed by atoms with Crippen LogP contribution in [0.5, 0.6) is 5.75 Å². The molecule has 0 aromatic heterocycles. The number of nitro groups is 1. The molecule has 0 unspecified atom stereocenters. The van der Waals surface area contributed by atoms with Crippen LogP contribution in [0.1, 0.15) is 29.8 Å². The zero-order valence-corrected chi connectivity index (χ0v) is 18.0. The van der Waals surface area contributed by atoms with Crippen molar-refractivity contribution in [2.24, 2.45) is 5.92 Å². The minimum atomic E-state index is -0.470. The van der Waals surface area contributed by atoms with Crippen molar-refractivity contribution < 1.29 is 14.5 Å². The number of amides is 1. The summed E-state index contributed by atoms with van der Waals surface area (Å²) in [7, 11) is 0. The first-order valence-corrected chi connectivity index (χ1v) is 9.68. The van der Waals surface area contributed by atoms with Crippen molar-refractivity contribution in [3.05, 3.63) is 62.1 Å². The molecule has 1 amide bonds. The lowest BCUT2D eigenvalue weighted by Crippen LogP contribution is -2.34. The van der Waals surface area contributed by atoms with Crippen LogP contribution < -0.4 is 15.4 Å². The highest BCUT2D eigenvalue weighted by molar-refractivity contribution is 9.10. The highest BCUT2D eigenvalue weighted by Crippen LogP contribution is 2.26. The fourth-order valence-corrected chi connectivity index (χ4v) is 2.91. The Balaban J connectivity index is 2.15. The van der Waals surface area contributed by atoms with Gasteiger partial charge in [0.2, 0.25) is 0 Å². The molecule has 0 heterocycles. The molecular formula is C19H20BrN3O4S. The van der Waals surface area contributed by atoms with E-state index < -0.39 is 10.8 Å². The molecular weight excluding hydrogens is 446 g/mol. The van der Waals surface area contributed by atoms with Crippen molar-refractivity contribution in [3.63, 3.8) is 0 Å². The van der Waals surface area contributed by atoms with E-state index in [4.69, 9.17) is 17.0 Å². The van der Waals surface area contributed by atoms with Crippen molar-refractivity contribution in [2.45, 2.75) is 20.8 Å². The van der Waals surface area contributed by atoms with Crippen LogP contribution in [0, 0.1) is 23.0 Å². The number of ether oxygens (including phenoxy) is 1. The number of anilines is 1. The van der Waals surface area contributed by atoms with Crippen LogP contribution in [0.3, 0.4) is 0 Å². The number of rotatable bonds is 6. The summed E-state index contributed by atoms with van der Waals surface area (Å²) in [4.78, 5) is 23.3. The molecule has 7 nitrogen and oxygen atoms in total. The average molecular weight is 466 g/mol. The van der Waals surface area contributed by atoms with Gasteiger partial charge in [-0.1, -0.05) is 35.8 Å². The van der Waals surface area contributed by atoms with E-state index >= 15 is 0 Å². The SMILES string of the molecule is Cc1c(NC(=S)NC(=O)c2cc(Br)ccc2OCC(C)C)cccc1[N+](=O)[O-]. The first-order chi connectivity index (χ1) is 13.2. The van der Waals surface area contributed by atoms with E-state index in [9.17, 15) is 14.9 Å². The van der Waals surface area contributed by atoms with Gasteiger partial charge in [0.15, 0.2) is 5.11 Å². The monoisotopic (exact) mass is 465 g/mol. The van der Waals surface area contributed by atoms with Gasteiger partial charge in [-0.3, -0.25) is 20.2 Å². The lowest BCUT2D eigenvalue weighted by molar-refractivity contribution is -0.385. The highest BCUT2D eigenvalue weighted by Gasteiger charge is 2.17. The predicted molar refractivity (Wildman–Crippen MR) is 116 cm³/mol. The molecule has 0 atom stereocenters. The molecule has 0 spiro atoms. The number of nitro benzene ring substituents is 1. The Labute approximate surface area is 176 Å². The van der Waals surface area contributed by atoms with Crippen molar-refractivity contribution in [2.75, 3.05) is 11.9 Å². The van der Waals surface area contributed by atoms with Gasteiger partial charge >= 0.3 is 0 Å². The van der Waals surface area contributed by atoms with Gasteiger partial charge in [0, 0.05) is 10.5 Å². The topological polar surface area (TPSA) is 93.5 Å². The molecule has 2 aromatic carbocycles. The number of hydrogen-bond donors (Lipinski definition) is 2. The quantitative estimate of drug-likeness (QED) is 0.360. The summed E-state index contributed by atoms with van der Waals surface area (Å²) in [5.41, 5.74) is 1.17. The zero-order chi connectivity index (χ0) is 20.8. The average Bonchev–Trinajstić information content (AvgIpc) is 2.61. The normalized spacial score (nSPS) is 10.5. The molecule has 0 fully saturated rings. The molecule has 0 saturated heterocycles. The van der Waals surface area contributed by atoms with Crippen molar-refractivity contribution in [3.8, 4) is 5.75 Å². The van der Waals surface area contributed by atoms with Crippen LogP contribution in [0.4, 0.5) is 11.4 Å². The maximum atomic E-state index is 12.7. The van der Waals surface area contributed by atoms with Crippen LogP contribution in [0.2, 0.25) is 0 Å². The van der Waals surface area contributed by atoms with Gasteiger partial charge in [-0.15, -0.1) is 0 Å². The van der Waals surface area contributed by atoms with Gasteiger partial charge in [0.25, 0.3) is 11.6 Å². The van der Waals surface area contributed by atoms with E-state index in [2.05, 4.69) is 26.6 Å². The second-order valence-electron chi connectivity index (χ2n) is 6.46. The molecule has 0 aliphatic carbocycles. The number of hydrogen-bond acceptors (Lipinski definition) is 5. The third-order valence-corrected chi connectivity index (χ3v) is 4.43. The molecule has 0 radical (unpaired) electrons. The number of halogens is 1. The summed E-state index contributed by atoms with van der Waals surface area (Å²) in [5, 5.41) is 16.5. The predicted octanol–water partition coefficient (Wildman–Crippen LogP) is 4.83. The Hall–Kier alpha value is -2.52. The first-order valence-electron chi connectivity index (χ1n) is 8.47. The van der Waals surface area contributed by atoms with Gasteiger partial charge in [-0.2, -0.15) is 0 Å². The molecule has 2 N–H and O–H groups in total. The number of carbonyl (C=O) groups is 1. The molecule has 2 rings (SSSR count). The number of nitrogens with one attached hydrogen (secondary N) is 2. The summed E-state index contributed by atoms with van der Waals surface area (Å²) >= 11 is 8.55. The standard InChI is InChI=1S/C19H20BrN3O4S/c1-11(2)10-27-17-8-7-13(20)9-14(17)18(24)22-19(28)21-15-5-4-6-16(12(15)3)23(25)26/h4-9,11H,10H2,1-3H3,(H2,21,22,24,28). The Morgan fingerprint density at radius 1 is 1.32 bits per heavy atom. The molecule has 2 aromatic rings. The smallest absolute Gasteiger partial charge is 0.274 e. The molecule has 148 valence electrons. The number of benzene rings is 2. The Morgan fingerprint density at radius 2 is 2.04 bits per heavy atom. The number of thiocarbonyl (C=S) groups is 1. The van der Waals surface area contributed by atoms with Crippen molar-refractivity contribution >= 4 is 50.5 Å². The lowest BCUT2D eigenvalue weighted by atomic mass is 10.1. The third kappa shape index (κ3) is 5.74. The fourth-order valence-electron chi connectivity index (χ4n) is 2.34. The lowest BCUT2D eigenvalue weighted by Gasteiger charge is -2.15. The van der Waals surface area contributed by atoms with Crippen LogP contribution in [-0.4, -0.2) is 22.5 Å². The summed E-state index contributed by atoms with van der Waals surface area (Å²) in [6.45, 7) is 6.10. The zero-order valence-electron chi connectivity index (χ0n) is 15.6. The maximum Gasteiger partial charge on any atom is 0.274 e. The van der Waals surface area contributed by atoms with E-state index in [0.717, 1.165) is 4.47 Å². The van der Waals surface area contributed by atoms with Gasteiger partial charge in [-0.05, 0) is 49.3 Å². The molecule has 0 aliphatic rings. The van der Waals surface area contributed by atoms with Crippen molar-refractivity contribution in [1.29, 1.82) is 0 Å². The molecule has 0 saturated carbocycles. The summed E-state index contributed by atoms with van der Waals surface area (Å²) < 4.78 is 6.44. The van der Waals surface area contributed by atoms with E-state index in [1.165, 1.54) is 6.07 Å². The number of nitrogens with zero attached hydrogens (tertiary/aromatic N) is 1. The van der Waals surface area contributed by atoms with Crippen LogP contribution in [0.15, 0.2) is 40.9 Å². The maximum absolute atomic E-state index is 12.7. The second-order valence-corrected chi connectivity index (χ2v) is 7.78. The molecule has 28 heavy (non-hydrogen) atoms. The minimum Gasteiger partial charge on any atom is -0.492 e. The third-order valence-electron chi connectivity index (χ3n) is 3.74. The van der Waals surface area contributed by atoms with Crippen LogP contribution in [0.25, 0.3) is 0 Å². The Kier molecular flexibility index (Phi) is 7.47. The summed E-state index contributed by atoms with van der Waals surface area (Å²) in [6, 6.07) is 9.74. The van der Waals surface area contributed by atoms with E-state index in [0.29, 0.717) is 35.1 Å². The van der Waals surface area contributed by atoms with E-state index in [1.807, 2.05) is 13.8 Å². The van der Waals surface area contributed by atoms with Gasteiger partial charge in [0.05, 0.1) is 28.3 Å². The van der Waals surface area contributed by atoms with Crippen LogP contribution in [-0.2, 0) is 0 Å². The van der Waals surface area contributed by atoms with Crippen molar-refractivity contribution in [1.82, 2.24) is 5.32 Å². The number of carbonyl (C=O) groups excluding carboxylic acids is 1. The summed E-state index contributed by atoms with van der Waals surface area (Å²) in [5.74, 6) is 0.309. The summed E-state index contributed by atoms with van der Waals surface area (Å²) in [6.07, 6.45) is 0. The van der Waals surface area contributed by atoms with Gasteiger partial charge in [0.1, 0.15) is 5.75 Å². The Morgan fingerprint density at radius 3 is 2.68 bits per heavy atom. The largest absolute Gasteiger partial charge is 0.492 e.